The molecule has 0 aromatic heterocycles. The average molecular weight is 327 g/mol. The van der Waals surface area contributed by atoms with Crippen LogP contribution in [-0.2, 0) is 19.4 Å². The highest BCUT2D eigenvalue weighted by Gasteiger charge is 2.34. The summed E-state index contributed by atoms with van der Waals surface area (Å²) in [6, 6.07) is 7.73. The smallest absolute Gasteiger partial charge is 0.165 e. The van der Waals surface area contributed by atoms with Crippen LogP contribution in [0.4, 0.5) is 0 Å². The molecule has 0 bridgehead atoms. The quantitative estimate of drug-likeness (QED) is 0.888. The van der Waals surface area contributed by atoms with Crippen molar-refractivity contribution in [1.29, 1.82) is 0 Å². The molecule has 4 rings (SSSR count). The number of rotatable bonds is 2. The van der Waals surface area contributed by atoms with Crippen molar-refractivity contribution in [2.24, 2.45) is 0 Å². The highest BCUT2D eigenvalue weighted by atomic mass is 16.5. The van der Waals surface area contributed by atoms with Crippen LogP contribution < -0.4 is 9.47 Å². The average Bonchev–Trinajstić information content (AvgIpc) is 2.59. The SMILES string of the molecule is COc1cc2c(cc1O)CCN1Cc3c(ccc(O)c3OC)C[C@H]21. The Labute approximate surface area is 141 Å². The Bertz CT molecular complexity index is 802. The highest BCUT2D eigenvalue weighted by molar-refractivity contribution is 5.54. The number of fused-ring (bicyclic) bond motifs is 4. The first-order valence-corrected chi connectivity index (χ1v) is 8.14. The summed E-state index contributed by atoms with van der Waals surface area (Å²) in [5, 5.41) is 20.1. The van der Waals surface area contributed by atoms with Crippen LogP contribution in [0.25, 0.3) is 0 Å². The normalized spacial score (nSPS) is 19.2. The van der Waals surface area contributed by atoms with Crippen LogP contribution in [0.5, 0.6) is 23.0 Å². The van der Waals surface area contributed by atoms with Gasteiger partial charge in [0.15, 0.2) is 23.0 Å². The Morgan fingerprint density at radius 1 is 1.04 bits per heavy atom. The predicted molar refractivity (Wildman–Crippen MR) is 89.9 cm³/mol. The Morgan fingerprint density at radius 2 is 1.88 bits per heavy atom. The molecule has 5 heteroatoms. The molecule has 2 aromatic rings. The molecule has 0 saturated carbocycles. The van der Waals surface area contributed by atoms with Gasteiger partial charge in [-0.2, -0.15) is 0 Å². The van der Waals surface area contributed by atoms with Crippen LogP contribution in [0.1, 0.15) is 28.3 Å². The lowest BCUT2D eigenvalue weighted by atomic mass is 9.83. The van der Waals surface area contributed by atoms with E-state index in [1.165, 1.54) is 16.7 Å². The van der Waals surface area contributed by atoms with Crippen molar-refractivity contribution >= 4 is 0 Å². The zero-order chi connectivity index (χ0) is 16.8. The molecule has 2 aliphatic heterocycles. The van der Waals surface area contributed by atoms with Gasteiger partial charge in [-0.3, -0.25) is 4.90 Å². The first-order chi connectivity index (χ1) is 11.6. The molecule has 0 saturated heterocycles. The van der Waals surface area contributed by atoms with E-state index in [1.807, 2.05) is 18.2 Å². The minimum absolute atomic E-state index is 0.193. The Hall–Kier alpha value is -2.40. The van der Waals surface area contributed by atoms with E-state index in [-0.39, 0.29) is 17.5 Å². The third-order valence-corrected chi connectivity index (χ3v) is 5.22. The predicted octanol–water partition coefficient (Wildman–Crippen LogP) is 2.77. The number of phenolic OH excluding ortho intramolecular Hbond substituents is 2. The molecule has 0 unspecified atom stereocenters. The van der Waals surface area contributed by atoms with Crippen LogP contribution in [-0.4, -0.2) is 35.9 Å². The standard InChI is InChI=1S/C19H21NO4/c1-23-18-9-13-12(8-17(18)22)5-6-20-10-14-11(7-15(13)20)3-4-16(21)19(14)24-2/h3-4,8-9,15,21-22H,5-7,10H2,1-2H3/t15-/m1/s1. The Balaban J connectivity index is 1.78. The second-order valence-corrected chi connectivity index (χ2v) is 6.42. The fraction of sp³-hybridized carbons (Fsp3) is 0.368. The molecular weight excluding hydrogens is 306 g/mol. The molecular formula is C19H21NO4. The van der Waals surface area contributed by atoms with E-state index in [0.29, 0.717) is 11.5 Å². The van der Waals surface area contributed by atoms with Gasteiger partial charge in [-0.15, -0.1) is 0 Å². The number of methoxy groups -OCH3 is 2. The number of phenols is 2. The number of hydrogen-bond donors (Lipinski definition) is 2. The largest absolute Gasteiger partial charge is 0.504 e. The van der Waals surface area contributed by atoms with E-state index >= 15 is 0 Å². The number of nitrogens with zero attached hydrogens (tertiary/aromatic N) is 1. The molecule has 2 aromatic carbocycles. The molecule has 2 N–H and O–H groups in total. The van der Waals surface area contributed by atoms with Gasteiger partial charge < -0.3 is 19.7 Å². The van der Waals surface area contributed by atoms with Gasteiger partial charge in [0, 0.05) is 24.7 Å². The van der Waals surface area contributed by atoms with Crippen LogP contribution >= 0.6 is 0 Å². The lowest BCUT2D eigenvalue weighted by Crippen LogP contribution is -2.39. The van der Waals surface area contributed by atoms with Gasteiger partial charge in [-0.25, -0.2) is 0 Å². The second-order valence-electron chi connectivity index (χ2n) is 6.42. The maximum Gasteiger partial charge on any atom is 0.165 e. The molecule has 0 amide bonds. The van der Waals surface area contributed by atoms with E-state index in [0.717, 1.165) is 31.5 Å². The molecule has 126 valence electrons. The fourth-order valence-corrected chi connectivity index (χ4v) is 4.02. The Morgan fingerprint density at radius 3 is 2.62 bits per heavy atom. The third-order valence-electron chi connectivity index (χ3n) is 5.22. The minimum Gasteiger partial charge on any atom is -0.504 e. The summed E-state index contributed by atoms with van der Waals surface area (Å²) in [7, 11) is 3.17. The van der Waals surface area contributed by atoms with E-state index in [4.69, 9.17) is 9.47 Å². The number of benzene rings is 2. The van der Waals surface area contributed by atoms with Crippen molar-refractivity contribution in [1.82, 2.24) is 4.90 Å². The van der Waals surface area contributed by atoms with Crippen LogP contribution in [0.2, 0.25) is 0 Å². The van der Waals surface area contributed by atoms with Crippen molar-refractivity contribution in [3.05, 3.63) is 46.5 Å². The van der Waals surface area contributed by atoms with Gasteiger partial charge in [0.05, 0.1) is 14.2 Å². The fourth-order valence-electron chi connectivity index (χ4n) is 4.02. The second kappa shape index (κ2) is 5.60. The molecule has 1 atom stereocenters. The lowest BCUT2D eigenvalue weighted by molar-refractivity contribution is 0.157. The molecule has 2 heterocycles. The van der Waals surface area contributed by atoms with Crippen LogP contribution in [0.15, 0.2) is 24.3 Å². The summed E-state index contributed by atoms with van der Waals surface area (Å²) in [6.45, 7) is 1.67. The summed E-state index contributed by atoms with van der Waals surface area (Å²) in [5.41, 5.74) is 4.67. The zero-order valence-electron chi connectivity index (χ0n) is 13.9. The highest BCUT2D eigenvalue weighted by Crippen LogP contribution is 2.45. The van der Waals surface area contributed by atoms with Crippen molar-refractivity contribution in [3.8, 4) is 23.0 Å². The van der Waals surface area contributed by atoms with E-state index in [2.05, 4.69) is 4.90 Å². The maximum atomic E-state index is 10.0. The van der Waals surface area contributed by atoms with Crippen molar-refractivity contribution < 1.29 is 19.7 Å². The van der Waals surface area contributed by atoms with Crippen LogP contribution in [0, 0.1) is 0 Å². The molecule has 24 heavy (non-hydrogen) atoms. The van der Waals surface area contributed by atoms with E-state index < -0.39 is 0 Å². The minimum atomic E-state index is 0.193. The lowest BCUT2D eigenvalue weighted by Gasteiger charge is -2.42. The number of ether oxygens (including phenoxy) is 2. The maximum absolute atomic E-state index is 10.0. The first kappa shape index (κ1) is 15.1. The van der Waals surface area contributed by atoms with Gasteiger partial charge in [-0.1, -0.05) is 6.07 Å². The van der Waals surface area contributed by atoms with Gasteiger partial charge in [0.1, 0.15) is 0 Å². The summed E-state index contributed by atoms with van der Waals surface area (Å²) in [6.07, 6.45) is 1.74. The van der Waals surface area contributed by atoms with Crippen molar-refractivity contribution in [2.75, 3.05) is 20.8 Å². The summed E-state index contributed by atoms with van der Waals surface area (Å²) in [4.78, 5) is 2.41. The summed E-state index contributed by atoms with van der Waals surface area (Å²) >= 11 is 0. The van der Waals surface area contributed by atoms with E-state index in [1.54, 1.807) is 20.3 Å². The zero-order valence-corrected chi connectivity index (χ0v) is 13.9. The topological polar surface area (TPSA) is 62.2 Å². The van der Waals surface area contributed by atoms with Crippen molar-refractivity contribution in [3.63, 3.8) is 0 Å². The van der Waals surface area contributed by atoms with Gasteiger partial charge >= 0.3 is 0 Å². The molecule has 0 radical (unpaired) electrons. The number of aromatic hydroxyl groups is 2. The molecule has 0 fully saturated rings. The van der Waals surface area contributed by atoms with Gasteiger partial charge in [0.25, 0.3) is 0 Å². The Kier molecular flexibility index (Phi) is 3.53. The molecule has 2 aliphatic rings. The summed E-state index contributed by atoms with van der Waals surface area (Å²) < 4.78 is 10.7. The third kappa shape index (κ3) is 2.19. The summed E-state index contributed by atoms with van der Waals surface area (Å²) in [5.74, 6) is 1.50. The molecule has 0 spiro atoms. The van der Waals surface area contributed by atoms with Gasteiger partial charge in [-0.05, 0) is 47.7 Å². The van der Waals surface area contributed by atoms with Gasteiger partial charge in [0.2, 0.25) is 0 Å². The van der Waals surface area contributed by atoms with Crippen molar-refractivity contribution in [2.45, 2.75) is 25.4 Å². The van der Waals surface area contributed by atoms with E-state index in [9.17, 15) is 10.2 Å². The van der Waals surface area contributed by atoms with Crippen LogP contribution in [0.3, 0.4) is 0 Å². The number of hydrogen-bond acceptors (Lipinski definition) is 5. The first-order valence-electron chi connectivity index (χ1n) is 8.14. The molecule has 5 nitrogen and oxygen atoms in total. The monoisotopic (exact) mass is 327 g/mol. The molecule has 0 aliphatic carbocycles.